The lowest BCUT2D eigenvalue weighted by Crippen LogP contribution is -1.78. The Balaban J connectivity index is 3.48. The standard InChI is InChI=1S/C7H15BrSi/c1-3-7(4-2)5-6-9-8/h5H,3-4,6,9H2,1-2H3. The van der Waals surface area contributed by atoms with Crippen molar-refractivity contribution in [3.63, 3.8) is 0 Å². The highest BCUT2D eigenvalue weighted by atomic mass is 79.9. The Hall–Kier alpha value is 0.437. The van der Waals surface area contributed by atoms with Crippen molar-refractivity contribution in [2.75, 3.05) is 0 Å². The van der Waals surface area contributed by atoms with Crippen LogP contribution in [0.3, 0.4) is 0 Å². The third-order valence-electron chi connectivity index (χ3n) is 1.45. The molecule has 0 fully saturated rings. The first-order valence-corrected chi connectivity index (χ1v) is 8.48. The van der Waals surface area contributed by atoms with Gasteiger partial charge in [0, 0.05) is 0 Å². The molecule has 0 amide bonds. The second-order valence-electron chi connectivity index (χ2n) is 2.05. The number of allylic oxidation sites excluding steroid dienone is 2. The Labute approximate surface area is 68.1 Å². The fraction of sp³-hybridized carbons (Fsp3) is 0.714. The van der Waals surface area contributed by atoms with Gasteiger partial charge in [0.15, 0.2) is 0 Å². The second kappa shape index (κ2) is 6.56. The molecule has 0 N–H and O–H groups in total. The van der Waals surface area contributed by atoms with Crippen molar-refractivity contribution < 1.29 is 0 Å². The molecule has 0 heterocycles. The summed E-state index contributed by atoms with van der Waals surface area (Å²) < 4.78 is 0. The van der Waals surface area contributed by atoms with Crippen molar-refractivity contribution in [1.82, 2.24) is 0 Å². The second-order valence-corrected chi connectivity index (χ2v) is 5.38. The van der Waals surface area contributed by atoms with Crippen LogP contribution in [0.2, 0.25) is 6.04 Å². The summed E-state index contributed by atoms with van der Waals surface area (Å²) >= 11 is 3.53. The van der Waals surface area contributed by atoms with Crippen molar-refractivity contribution in [2.24, 2.45) is 0 Å². The summed E-state index contributed by atoms with van der Waals surface area (Å²) in [4.78, 5) is 0. The van der Waals surface area contributed by atoms with Gasteiger partial charge in [-0.05, 0) is 18.9 Å². The van der Waals surface area contributed by atoms with Crippen LogP contribution in [0.5, 0.6) is 0 Å². The molecular weight excluding hydrogens is 192 g/mol. The molecule has 0 rings (SSSR count). The third kappa shape index (κ3) is 4.91. The Morgan fingerprint density at radius 1 is 1.44 bits per heavy atom. The van der Waals surface area contributed by atoms with Crippen LogP contribution < -0.4 is 0 Å². The molecule has 0 atom stereocenters. The molecule has 0 aromatic rings. The summed E-state index contributed by atoms with van der Waals surface area (Å²) in [7, 11) is 0.0887. The molecule has 0 bridgehead atoms. The van der Waals surface area contributed by atoms with Crippen molar-refractivity contribution >= 4 is 23.4 Å². The van der Waals surface area contributed by atoms with E-state index in [1.807, 2.05) is 0 Å². The van der Waals surface area contributed by atoms with Gasteiger partial charge in [0.1, 0.15) is 8.14 Å². The molecule has 0 aromatic heterocycles. The van der Waals surface area contributed by atoms with E-state index in [0.717, 1.165) is 0 Å². The van der Waals surface area contributed by atoms with Crippen LogP contribution in [0.15, 0.2) is 11.6 Å². The summed E-state index contributed by atoms with van der Waals surface area (Å²) in [5.41, 5.74) is 1.61. The molecule has 54 valence electrons. The lowest BCUT2D eigenvalue weighted by molar-refractivity contribution is 0.972. The highest BCUT2D eigenvalue weighted by Gasteiger charge is 1.87. The molecule has 0 saturated heterocycles. The van der Waals surface area contributed by atoms with Gasteiger partial charge in [-0.25, -0.2) is 0 Å². The van der Waals surface area contributed by atoms with Gasteiger partial charge >= 0.3 is 0 Å². The highest BCUT2D eigenvalue weighted by Crippen LogP contribution is 2.06. The maximum Gasteiger partial charge on any atom is 0.102 e. The summed E-state index contributed by atoms with van der Waals surface area (Å²) in [6.07, 6.45) is 4.86. The zero-order chi connectivity index (χ0) is 7.11. The smallest absolute Gasteiger partial charge is 0.102 e. The molecule has 9 heavy (non-hydrogen) atoms. The SMILES string of the molecule is CCC(=CC[SiH2]Br)CC. The molecule has 0 spiro atoms. The minimum Gasteiger partial charge on any atom is -0.135 e. The van der Waals surface area contributed by atoms with Gasteiger partial charge in [-0.1, -0.05) is 25.5 Å². The van der Waals surface area contributed by atoms with E-state index in [1.54, 1.807) is 5.57 Å². The molecule has 0 saturated carbocycles. The minimum atomic E-state index is 0.0887. The van der Waals surface area contributed by atoms with Gasteiger partial charge in [-0.3, -0.25) is 0 Å². The molecule has 0 aliphatic rings. The fourth-order valence-electron chi connectivity index (χ4n) is 0.797. The van der Waals surface area contributed by atoms with Gasteiger partial charge in [-0.2, -0.15) is 0 Å². The van der Waals surface area contributed by atoms with Gasteiger partial charge in [0.2, 0.25) is 0 Å². The number of halogens is 1. The van der Waals surface area contributed by atoms with E-state index in [4.69, 9.17) is 0 Å². The molecular formula is C7H15BrSi. The lowest BCUT2D eigenvalue weighted by Gasteiger charge is -1.96. The monoisotopic (exact) mass is 206 g/mol. The van der Waals surface area contributed by atoms with Gasteiger partial charge in [0.05, 0.1) is 0 Å². The molecule has 0 aromatic carbocycles. The molecule has 0 radical (unpaired) electrons. The molecule has 0 aliphatic carbocycles. The van der Waals surface area contributed by atoms with Crippen molar-refractivity contribution in [3.8, 4) is 0 Å². The lowest BCUT2D eigenvalue weighted by atomic mass is 10.1. The maximum absolute atomic E-state index is 3.53. The van der Waals surface area contributed by atoms with E-state index >= 15 is 0 Å². The average molecular weight is 207 g/mol. The first-order valence-electron chi connectivity index (χ1n) is 3.59. The summed E-state index contributed by atoms with van der Waals surface area (Å²) in [6.45, 7) is 4.45. The van der Waals surface area contributed by atoms with Crippen LogP contribution >= 0.6 is 15.3 Å². The number of hydrogen-bond acceptors (Lipinski definition) is 0. The first kappa shape index (κ1) is 9.44. The third-order valence-corrected chi connectivity index (χ3v) is 3.33. The zero-order valence-corrected chi connectivity index (χ0v) is 9.28. The van der Waals surface area contributed by atoms with E-state index < -0.39 is 0 Å². The number of hydrogen-bond donors (Lipinski definition) is 0. The van der Waals surface area contributed by atoms with Crippen molar-refractivity contribution in [3.05, 3.63) is 11.6 Å². The fourth-order valence-corrected chi connectivity index (χ4v) is 2.00. The molecule has 0 aliphatic heterocycles. The predicted octanol–water partition coefficient (Wildman–Crippen LogP) is 2.63. The Kier molecular flexibility index (Phi) is 6.87. The van der Waals surface area contributed by atoms with Crippen LogP contribution in [-0.4, -0.2) is 8.14 Å². The largest absolute Gasteiger partial charge is 0.135 e. The van der Waals surface area contributed by atoms with E-state index in [2.05, 4.69) is 35.2 Å². The van der Waals surface area contributed by atoms with Gasteiger partial charge in [0.25, 0.3) is 0 Å². The Bertz CT molecular complexity index is 82.9. The van der Waals surface area contributed by atoms with Crippen molar-refractivity contribution in [2.45, 2.75) is 32.7 Å². The van der Waals surface area contributed by atoms with E-state index in [1.165, 1.54) is 18.9 Å². The predicted molar refractivity (Wildman–Crippen MR) is 50.9 cm³/mol. The van der Waals surface area contributed by atoms with Gasteiger partial charge < -0.3 is 0 Å². The Morgan fingerprint density at radius 3 is 2.33 bits per heavy atom. The minimum absolute atomic E-state index is 0.0887. The van der Waals surface area contributed by atoms with Crippen LogP contribution in [0.25, 0.3) is 0 Å². The van der Waals surface area contributed by atoms with E-state index in [-0.39, 0.29) is 8.14 Å². The quantitative estimate of drug-likeness (QED) is 0.377. The molecule has 0 unspecified atom stereocenters. The van der Waals surface area contributed by atoms with E-state index in [9.17, 15) is 0 Å². The van der Waals surface area contributed by atoms with Gasteiger partial charge in [-0.15, -0.1) is 15.3 Å². The first-order chi connectivity index (χ1) is 4.35. The topological polar surface area (TPSA) is 0 Å². The van der Waals surface area contributed by atoms with Crippen LogP contribution in [0, 0.1) is 0 Å². The molecule has 2 heteroatoms. The normalized spacial score (nSPS) is 10.6. The Morgan fingerprint density at radius 2 is 2.00 bits per heavy atom. The summed E-state index contributed by atoms with van der Waals surface area (Å²) in [5, 5.41) is 0. The van der Waals surface area contributed by atoms with Crippen LogP contribution in [0.1, 0.15) is 26.7 Å². The van der Waals surface area contributed by atoms with Crippen LogP contribution in [-0.2, 0) is 0 Å². The van der Waals surface area contributed by atoms with Crippen molar-refractivity contribution in [1.29, 1.82) is 0 Å². The summed E-state index contributed by atoms with van der Waals surface area (Å²) in [6, 6.07) is 1.32. The zero-order valence-electron chi connectivity index (χ0n) is 6.28. The highest BCUT2D eigenvalue weighted by molar-refractivity contribution is 9.23. The summed E-state index contributed by atoms with van der Waals surface area (Å²) in [5.74, 6) is 0. The van der Waals surface area contributed by atoms with E-state index in [0.29, 0.717) is 0 Å². The maximum atomic E-state index is 3.53. The number of rotatable bonds is 4. The molecule has 0 nitrogen and oxygen atoms in total. The van der Waals surface area contributed by atoms with Crippen LogP contribution in [0.4, 0.5) is 0 Å². The average Bonchev–Trinajstić information content (AvgIpc) is 1.91.